The Balaban J connectivity index is 1.85. The zero-order chi connectivity index (χ0) is 24.7. The number of carbonyl (C=O) groups is 1. The maximum Gasteiger partial charge on any atom is 0.266 e. The molecule has 0 fully saturated rings. The lowest BCUT2D eigenvalue weighted by Crippen LogP contribution is -2.14. The number of hydrogen-bond donors (Lipinski definition) is 1. The van der Waals surface area contributed by atoms with Gasteiger partial charge in [-0.15, -0.1) is 0 Å². The smallest absolute Gasteiger partial charge is 0.266 e. The van der Waals surface area contributed by atoms with Crippen LogP contribution in [-0.4, -0.2) is 13.0 Å². The molecule has 0 aliphatic carbocycles. The van der Waals surface area contributed by atoms with Crippen molar-refractivity contribution in [3.63, 3.8) is 0 Å². The molecular weight excluding hydrogens is 518 g/mol. The van der Waals surface area contributed by atoms with Gasteiger partial charge in [-0.3, -0.25) is 4.79 Å². The van der Waals surface area contributed by atoms with Gasteiger partial charge in [0.05, 0.1) is 23.2 Å². The van der Waals surface area contributed by atoms with Crippen LogP contribution in [0.1, 0.15) is 22.3 Å². The van der Waals surface area contributed by atoms with E-state index in [1.165, 1.54) is 13.2 Å². The summed E-state index contributed by atoms with van der Waals surface area (Å²) in [4.78, 5) is 12.7. The predicted molar refractivity (Wildman–Crippen MR) is 135 cm³/mol. The van der Waals surface area contributed by atoms with E-state index in [0.717, 1.165) is 11.1 Å². The van der Waals surface area contributed by atoms with Gasteiger partial charge < -0.3 is 14.8 Å². The summed E-state index contributed by atoms with van der Waals surface area (Å²) in [5, 5.41) is 22.0. The molecule has 3 aromatic carbocycles. The molecule has 0 aliphatic heterocycles. The van der Waals surface area contributed by atoms with E-state index >= 15 is 0 Å². The SMILES string of the molecule is COc1cc(/C=C(\C#N)C(=O)Nc2cc(Cl)ccc2C)cc(Br)c1OCc1ccccc1C#N. The monoisotopic (exact) mass is 535 g/mol. The van der Waals surface area contributed by atoms with E-state index in [-0.39, 0.29) is 12.2 Å². The first-order valence-electron chi connectivity index (χ1n) is 10.0. The van der Waals surface area contributed by atoms with Crippen LogP contribution in [0.25, 0.3) is 6.08 Å². The summed E-state index contributed by atoms with van der Waals surface area (Å²) in [5.41, 5.74) is 3.07. The summed E-state index contributed by atoms with van der Waals surface area (Å²) in [6.45, 7) is 2.00. The third-order valence-electron chi connectivity index (χ3n) is 4.89. The number of amides is 1. The second kappa shape index (κ2) is 11.4. The number of anilines is 1. The van der Waals surface area contributed by atoms with Crippen molar-refractivity contribution in [3.05, 3.63) is 91.9 Å². The van der Waals surface area contributed by atoms with Crippen molar-refractivity contribution < 1.29 is 14.3 Å². The molecule has 170 valence electrons. The normalized spacial score (nSPS) is 10.7. The number of rotatable bonds is 7. The van der Waals surface area contributed by atoms with Gasteiger partial charge in [-0.2, -0.15) is 10.5 Å². The standard InChI is InChI=1S/C26H19BrClN3O3/c1-16-7-8-21(28)12-23(16)31-26(32)20(14-30)9-17-10-22(27)25(24(11-17)33-2)34-15-19-6-4-3-5-18(19)13-29/h3-12H,15H2,1-2H3,(H,31,32)/b20-9+. The van der Waals surface area contributed by atoms with Crippen molar-refractivity contribution in [2.75, 3.05) is 12.4 Å². The molecule has 3 aromatic rings. The zero-order valence-corrected chi connectivity index (χ0v) is 20.7. The second-order valence-corrected chi connectivity index (χ2v) is 8.47. The second-order valence-electron chi connectivity index (χ2n) is 7.17. The summed E-state index contributed by atoms with van der Waals surface area (Å²) >= 11 is 9.48. The molecule has 0 aromatic heterocycles. The first-order chi connectivity index (χ1) is 16.4. The number of ether oxygens (including phenoxy) is 2. The fourth-order valence-corrected chi connectivity index (χ4v) is 3.85. The number of aryl methyl sites for hydroxylation is 1. The highest BCUT2D eigenvalue weighted by molar-refractivity contribution is 9.10. The van der Waals surface area contributed by atoms with Crippen molar-refractivity contribution >= 4 is 45.2 Å². The number of halogens is 2. The summed E-state index contributed by atoms with van der Waals surface area (Å²) < 4.78 is 12.0. The largest absolute Gasteiger partial charge is 0.493 e. The van der Waals surface area contributed by atoms with E-state index in [1.54, 1.807) is 42.5 Å². The van der Waals surface area contributed by atoms with Gasteiger partial charge in [0.2, 0.25) is 0 Å². The van der Waals surface area contributed by atoms with Crippen LogP contribution in [0, 0.1) is 29.6 Å². The van der Waals surface area contributed by atoms with Crippen molar-refractivity contribution in [2.45, 2.75) is 13.5 Å². The average molecular weight is 537 g/mol. The Hall–Kier alpha value is -3.78. The molecule has 34 heavy (non-hydrogen) atoms. The molecule has 1 amide bonds. The lowest BCUT2D eigenvalue weighted by molar-refractivity contribution is -0.112. The lowest BCUT2D eigenvalue weighted by Gasteiger charge is -2.14. The Labute approximate surface area is 211 Å². The summed E-state index contributed by atoms with van der Waals surface area (Å²) in [5.74, 6) is 0.278. The van der Waals surface area contributed by atoms with Gasteiger partial charge in [0.15, 0.2) is 11.5 Å². The van der Waals surface area contributed by atoms with Gasteiger partial charge in [0, 0.05) is 16.3 Å². The van der Waals surface area contributed by atoms with E-state index in [9.17, 15) is 15.3 Å². The highest BCUT2D eigenvalue weighted by Gasteiger charge is 2.15. The molecule has 0 spiro atoms. The van der Waals surface area contributed by atoms with E-state index in [1.807, 2.05) is 25.1 Å². The molecule has 0 atom stereocenters. The number of nitriles is 2. The van der Waals surface area contributed by atoms with Gasteiger partial charge in [0.1, 0.15) is 18.2 Å². The molecular formula is C26H19BrClN3O3. The van der Waals surface area contributed by atoms with Crippen LogP contribution in [0.3, 0.4) is 0 Å². The first kappa shape index (κ1) is 24.9. The summed E-state index contributed by atoms with van der Waals surface area (Å²) in [7, 11) is 1.49. The Kier molecular flexibility index (Phi) is 8.32. The van der Waals surface area contributed by atoms with Gasteiger partial charge in [0.25, 0.3) is 5.91 Å². The number of hydrogen-bond acceptors (Lipinski definition) is 5. The maximum absolute atomic E-state index is 12.7. The third-order valence-corrected chi connectivity index (χ3v) is 5.71. The van der Waals surface area contributed by atoms with E-state index in [4.69, 9.17) is 21.1 Å². The average Bonchev–Trinajstić information content (AvgIpc) is 2.83. The van der Waals surface area contributed by atoms with Crippen LogP contribution in [0.2, 0.25) is 5.02 Å². The number of benzene rings is 3. The minimum absolute atomic E-state index is 0.0926. The number of methoxy groups -OCH3 is 1. The Bertz CT molecular complexity index is 1360. The molecule has 0 saturated heterocycles. The molecule has 0 aliphatic rings. The van der Waals surface area contributed by atoms with Crippen molar-refractivity contribution in [2.24, 2.45) is 0 Å². The highest BCUT2D eigenvalue weighted by atomic mass is 79.9. The predicted octanol–water partition coefficient (Wildman–Crippen LogP) is 6.42. The van der Waals surface area contributed by atoms with Crippen LogP contribution in [-0.2, 0) is 11.4 Å². The number of nitrogens with one attached hydrogen (secondary N) is 1. The van der Waals surface area contributed by atoms with E-state index in [2.05, 4.69) is 27.3 Å². The number of carbonyl (C=O) groups excluding carboxylic acids is 1. The quantitative estimate of drug-likeness (QED) is 0.278. The molecule has 0 radical (unpaired) electrons. The molecule has 8 heteroatoms. The Morgan fingerprint density at radius 2 is 1.94 bits per heavy atom. The minimum Gasteiger partial charge on any atom is -0.493 e. The van der Waals surface area contributed by atoms with Crippen LogP contribution < -0.4 is 14.8 Å². The third kappa shape index (κ3) is 5.96. The highest BCUT2D eigenvalue weighted by Crippen LogP contribution is 2.38. The summed E-state index contributed by atoms with van der Waals surface area (Å²) in [6, 6.07) is 19.7. The molecule has 1 N–H and O–H groups in total. The van der Waals surface area contributed by atoms with Gasteiger partial charge in [-0.05, 0) is 70.4 Å². The molecule has 6 nitrogen and oxygen atoms in total. The topological polar surface area (TPSA) is 95.1 Å². The van der Waals surface area contributed by atoms with Gasteiger partial charge in [-0.25, -0.2) is 0 Å². The van der Waals surface area contributed by atoms with E-state index < -0.39 is 5.91 Å². The molecule has 0 unspecified atom stereocenters. The van der Waals surface area contributed by atoms with Crippen molar-refractivity contribution in [1.29, 1.82) is 10.5 Å². The number of nitrogens with zero attached hydrogens (tertiary/aromatic N) is 2. The fourth-order valence-electron chi connectivity index (χ4n) is 3.10. The van der Waals surface area contributed by atoms with Crippen LogP contribution in [0.5, 0.6) is 11.5 Å². The first-order valence-corrected chi connectivity index (χ1v) is 11.2. The van der Waals surface area contributed by atoms with Crippen LogP contribution in [0.15, 0.2) is 64.6 Å². The zero-order valence-electron chi connectivity index (χ0n) is 18.4. The van der Waals surface area contributed by atoms with E-state index in [0.29, 0.717) is 37.8 Å². The fraction of sp³-hybridized carbons (Fsp3) is 0.115. The van der Waals surface area contributed by atoms with Gasteiger partial charge in [-0.1, -0.05) is 35.9 Å². The van der Waals surface area contributed by atoms with Crippen molar-refractivity contribution in [3.8, 4) is 23.6 Å². The van der Waals surface area contributed by atoms with Gasteiger partial charge >= 0.3 is 0 Å². The molecule has 0 saturated carbocycles. The maximum atomic E-state index is 12.7. The lowest BCUT2D eigenvalue weighted by atomic mass is 10.1. The van der Waals surface area contributed by atoms with Crippen LogP contribution in [0.4, 0.5) is 5.69 Å². The minimum atomic E-state index is -0.559. The Morgan fingerprint density at radius 1 is 1.18 bits per heavy atom. The summed E-state index contributed by atoms with van der Waals surface area (Å²) in [6.07, 6.45) is 1.46. The molecule has 3 rings (SSSR count). The van der Waals surface area contributed by atoms with Crippen molar-refractivity contribution in [1.82, 2.24) is 0 Å². The molecule has 0 heterocycles. The Morgan fingerprint density at radius 3 is 2.65 bits per heavy atom. The molecule has 0 bridgehead atoms. The van der Waals surface area contributed by atoms with Crippen LogP contribution >= 0.6 is 27.5 Å².